The maximum absolute atomic E-state index is 11.3. The molecule has 0 bridgehead atoms. The molecule has 0 atom stereocenters. The van der Waals surface area contributed by atoms with E-state index in [0.717, 1.165) is 13.3 Å². The zero-order valence-corrected chi connectivity index (χ0v) is 25.0. The number of rotatable bonds is 23. The van der Waals surface area contributed by atoms with E-state index in [1.54, 1.807) is 13.1 Å². The summed E-state index contributed by atoms with van der Waals surface area (Å²) in [6.07, 6.45) is 28.0. The number of hydrogen-bond donors (Lipinski definition) is 0. The molecule has 0 rings (SSSR count). The Morgan fingerprint density at radius 2 is 0.914 bits per heavy atom. The van der Waals surface area contributed by atoms with Crippen LogP contribution in [0.2, 0.25) is 0 Å². The molecule has 0 aromatic heterocycles. The minimum atomic E-state index is -1.08. The molecule has 0 N–H and O–H groups in total. The van der Waals surface area contributed by atoms with Crippen LogP contribution in [0, 0.1) is 0 Å². The first-order valence-corrected chi connectivity index (χ1v) is 17.1. The smallest absolute Gasteiger partial charge is 0.333 e. The standard InChI is InChI=1S/C28H56O2P.C2H4O2/c1-6-31(7-2,8-3)26-24-22-20-18-16-14-12-10-9-11-13-15-17-19-21-23-25-30-28(29)27(4)5;1-2(3)4/h4,6-26H2,1-3,5H3;1H3,(H,3,4)/q+1;/p-1. The molecule has 0 saturated carbocycles. The Labute approximate surface area is 219 Å². The number of aliphatic carboxylic acids is 1. The molecule has 0 unspecified atom stereocenters. The summed E-state index contributed by atoms with van der Waals surface area (Å²) < 4.78 is 5.12. The van der Waals surface area contributed by atoms with Crippen molar-refractivity contribution < 1.29 is 19.4 Å². The molecule has 0 aromatic carbocycles. The average molecular weight is 515 g/mol. The minimum absolute atomic E-state index is 0.251. The number of carbonyl (C=O) groups is 2. The lowest BCUT2D eigenvalue weighted by molar-refractivity contribution is -0.302. The molecule has 0 aromatic rings. The van der Waals surface area contributed by atoms with Crippen LogP contribution in [0.1, 0.15) is 137 Å². The minimum Gasteiger partial charge on any atom is -0.550 e. The number of hydrogen-bond acceptors (Lipinski definition) is 4. The zero-order chi connectivity index (χ0) is 26.8. The van der Waals surface area contributed by atoms with Gasteiger partial charge in [0.1, 0.15) is 0 Å². The van der Waals surface area contributed by atoms with Crippen molar-refractivity contribution in [2.75, 3.05) is 31.3 Å². The fraction of sp³-hybridized carbons (Fsp3) is 0.867. The molecule has 35 heavy (non-hydrogen) atoms. The van der Waals surface area contributed by atoms with Crippen LogP contribution < -0.4 is 5.11 Å². The van der Waals surface area contributed by atoms with Gasteiger partial charge >= 0.3 is 5.97 Å². The second-order valence-electron chi connectivity index (χ2n) is 10.1. The summed E-state index contributed by atoms with van der Waals surface area (Å²) in [7, 11) is -0.555. The summed E-state index contributed by atoms with van der Waals surface area (Å²) in [4.78, 5) is 20.1. The van der Waals surface area contributed by atoms with Crippen molar-refractivity contribution in [3.8, 4) is 0 Å². The molecule has 0 spiro atoms. The second-order valence-corrected chi connectivity index (χ2v) is 15.1. The molecule has 5 heteroatoms. The van der Waals surface area contributed by atoms with Gasteiger partial charge in [-0.25, -0.2) is 4.79 Å². The van der Waals surface area contributed by atoms with Crippen molar-refractivity contribution in [3.05, 3.63) is 12.2 Å². The SMILES string of the molecule is C=C(C)C(=O)OCCCCCCCCCCCCCCCCCC[P+](CC)(CC)CC.CC(=O)[O-]. The van der Waals surface area contributed by atoms with E-state index < -0.39 is 13.2 Å². The number of unbranched alkanes of at least 4 members (excludes halogenated alkanes) is 15. The Morgan fingerprint density at radius 1 is 0.629 bits per heavy atom. The second kappa shape index (κ2) is 26.2. The van der Waals surface area contributed by atoms with Gasteiger partial charge in [0.05, 0.1) is 31.3 Å². The number of carboxylic acid groups (broad SMARTS) is 1. The lowest BCUT2D eigenvalue weighted by atomic mass is 10.0. The lowest BCUT2D eigenvalue weighted by Crippen LogP contribution is -2.16. The molecule has 0 fully saturated rings. The van der Waals surface area contributed by atoms with Crippen LogP contribution in [0.3, 0.4) is 0 Å². The Hall–Kier alpha value is -0.890. The van der Waals surface area contributed by atoms with Gasteiger partial charge in [-0.2, -0.15) is 0 Å². The highest BCUT2D eigenvalue weighted by Crippen LogP contribution is 2.58. The van der Waals surface area contributed by atoms with Crippen LogP contribution in [0.15, 0.2) is 12.2 Å². The first-order valence-electron chi connectivity index (χ1n) is 14.6. The number of carboxylic acids is 1. The third kappa shape index (κ3) is 26.0. The van der Waals surface area contributed by atoms with E-state index in [-0.39, 0.29) is 5.97 Å². The predicted molar refractivity (Wildman–Crippen MR) is 154 cm³/mol. The average Bonchev–Trinajstić information content (AvgIpc) is 2.82. The molecule has 0 heterocycles. The fourth-order valence-electron chi connectivity index (χ4n) is 4.46. The van der Waals surface area contributed by atoms with E-state index in [4.69, 9.17) is 14.6 Å². The van der Waals surface area contributed by atoms with Crippen LogP contribution in [0.25, 0.3) is 0 Å². The molecule has 0 aliphatic rings. The van der Waals surface area contributed by atoms with Gasteiger partial charge < -0.3 is 14.6 Å². The number of esters is 1. The molecule has 4 nitrogen and oxygen atoms in total. The largest absolute Gasteiger partial charge is 0.550 e. The van der Waals surface area contributed by atoms with Crippen molar-refractivity contribution >= 4 is 19.2 Å². The van der Waals surface area contributed by atoms with E-state index >= 15 is 0 Å². The number of ether oxygens (including phenoxy) is 1. The van der Waals surface area contributed by atoms with Crippen molar-refractivity contribution in [3.63, 3.8) is 0 Å². The van der Waals surface area contributed by atoms with Gasteiger partial charge in [0.15, 0.2) is 0 Å². The Kier molecular flexibility index (Phi) is 27.1. The molecular weight excluding hydrogens is 455 g/mol. The topological polar surface area (TPSA) is 66.4 Å². The van der Waals surface area contributed by atoms with E-state index in [2.05, 4.69) is 27.4 Å². The third-order valence-electron chi connectivity index (χ3n) is 7.12. The fourth-order valence-corrected chi connectivity index (χ4v) is 7.64. The first kappa shape index (κ1) is 36.3. The zero-order valence-electron chi connectivity index (χ0n) is 24.1. The van der Waals surface area contributed by atoms with Gasteiger partial charge in [-0.1, -0.05) is 90.0 Å². The first-order chi connectivity index (χ1) is 16.7. The van der Waals surface area contributed by atoms with Crippen molar-refractivity contribution in [1.29, 1.82) is 0 Å². The highest BCUT2D eigenvalue weighted by atomic mass is 31.2. The van der Waals surface area contributed by atoms with Crippen LogP contribution in [-0.4, -0.2) is 43.2 Å². The van der Waals surface area contributed by atoms with Gasteiger partial charge in [0.2, 0.25) is 0 Å². The number of carbonyl (C=O) groups excluding carboxylic acids is 2. The highest BCUT2D eigenvalue weighted by Gasteiger charge is 2.29. The molecule has 0 aliphatic carbocycles. The summed E-state index contributed by atoms with van der Waals surface area (Å²) in [6.45, 7) is 14.1. The van der Waals surface area contributed by atoms with Gasteiger partial charge in [0.25, 0.3) is 0 Å². The predicted octanol–water partition coefficient (Wildman–Crippen LogP) is 8.18. The monoisotopic (exact) mass is 514 g/mol. The Morgan fingerprint density at radius 3 is 1.20 bits per heavy atom. The van der Waals surface area contributed by atoms with Crippen LogP contribution >= 0.6 is 7.26 Å². The van der Waals surface area contributed by atoms with Gasteiger partial charge in [-0.15, -0.1) is 0 Å². The molecule has 0 aliphatic heterocycles. The van der Waals surface area contributed by atoms with Gasteiger partial charge in [0, 0.05) is 18.8 Å². The summed E-state index contributed by atoms with van der Waals surface area (Å²) >= 11 is 0. The molecule has 0 amide bonds. The van der Waals surface area contributed by atoms with Crippen LogP contribution in [0.4, 0.5) is 0 Å². The van der Waals surface area contributed by atoms with Crippen molar-refractivity contribution in [1.82, 2.24) is 0 Å². The summed E-state index contributed by atoms with van der Waals surface area (Å²) in [5, 5.41) is 8.89. The Balaban J connectivity index is 0. The highest BCUT2D eigenvalue weighted by molar-refractivity contribution is 7.75. The lowest BCUT2D eigenvalue weighted by Gasteiger charge is -2.23. The molecule has 0 radical (unpaired) electrons. The summed E-state index contributed by atoms with van der Waals surface area (Å²) in [6, 6.07) is 0. The van der Waals surface area contributed by atoms with Crippen molar-refractivity contribution in [2.24, 2.45) is 0 Å². The van der Waals surface area contributed by atoms with Crippen LogP contribution in [0.5, 0.6) is 0 Å². The van der Waals surface area contributed by atoms with Gasteiger partial charge in [-0.3, -0.25) is 0 Å². The summed E-state index contributed by atoms with van der Waals surface area (Å²) in [5.74, 6) is -1.33. The van der Waals surface area contributed by atoms with E-state index in [1.165, 1.54) is 115 Å². The summed E-state index contributed by atoms with van der Waals surface area (Å²) in [5.41, 5.74) is 0.494. The maximum atomic E-state index is 11.3. The van der Waals surface area contributed by atoms with E-state index in [1.807, 2.05) is 0 Å². The van der Waals surface area contributed by atoms with Gasteiger partial charge in [-0.05, 0) is 53.9 Å². The molecule has 0 saturated heterocycles. The van der Waals surface area contributed by atoms with E-state index in [9.17, 15) is 4.79 Å². The molecule has 208 valence electrons. The Bertz CT molecular complexity index is 502. The van der Waals surface area contributed by atoms with E-state index in [0.29, 0.717) is 12.2 Å². The van der Waals surface area contributed by atoms with Crippen molar-refractivity contribution in [2.45, 2.75) is 137 Å². The molecular formula is C30H59O4P. The third-order valence-corrected chi connectivity index (χ3v) is 12.4. The maximum Gasteiger partial charge on any atom is 0.333 e. The quantitative estimate of drug-likeness (QED) is 0.0597. The normalized spacial score (nSPS) is 11.0. The van der Waals surface area contributed by atoms with Crippen LogP contribution in [-0.2, 0) is 14.3 Å².